The molecule has 0 fully saturated rings. The van der Waals surface area contributed by atoms with E-state index in [0.29, 0.717) is 0 Å². The van der Waals surface area contributed by atoms with E-state index in [1.54, 1.807) is 6.07 Å². The first kappa shape index (κ1) is 17.9. The standard InChI is InChI=1S/C13H11ClN4O5/c1-7(13(20)21)17-12(19)8(5-15)6-16-9-2-3-10(14)11(4-9)18(22)23/h2-4,6-7,16H,1H3,(H,17,19)(H,20,21)/b8-6-. The summed E-state index contributed by atoms with van der Waals surface area (Å²) in [5.41, 5.74) is -0.504. The minimum atomic E-state index is -1.25. The lowest BCUT2D eigenvalue weighted by Gasteiger charge is -2.08. The van der Waals surface area contributed by atoms with Crippen molar-refractivity contribution < 1.29 is 19.6 Å². The number of anilines is 1. The first-order chi connectivity index (χ1) is 10.8. The van der Waals surface area contributed by atoms with Gasteiger partial charge in [-0.2, -0.15) is 5.26 Å². The van der Waals surface area contributed by atoms with Crippen molar-refractivity contribution in [2.75, 3.05) is 5.32 Å². The molecule has 9 nitrogen and oxygen atoms in total. The van der Waals surface area contributed by atoms with Crippen LogP contribution in [0.25, 0.3) is 0 Å². The zero-order chi connectivity index (χ0) is 17.6. The fourth-order valence-corrected chi connectivity index (χ4v) is 1.57. The molecule has 10 heteroatoms. The van der Waals surface area contributed by atoms with Gasteiger partial charge in [0.2, 0.25) is 0 Å². The van der Waals surface area contributed by atoms with E-state index in [4.69, 9.17) is 22.0 Å². The van der Waals surface area contributed by atoms with Gasteiger partial charge in [0.15, 0.2) is 0 Å². The van der Waals surface area contributed by atoms with Gasteiger partial charge in [-0.3, -0.25) is 19.7 Å². The summed E-state index contributed by atoms with van der Waals surface area (Å²) in [7, 11) is 0. The number of nitrogens with zero attached hydrogens (tertiary/aromatic N) is 2. The highest BCUT2D eigenvalue weighted by Crippen LogP contribution is 2.27. The van der Waals surface area contributed by atoms with E-state index in [9.17, 15) is 19.7 Å². The van der Waals surface area contributed by atoms with Crippen molar-refractivity contribution in [3.05, 3.63) is 45.1 Å². The number of nitriles is 1. The van der Waals surface area contributed by atoms with E-state index in [-0.39, 0.29) is 16.4 Å². The van der Waals surface area contributed by atoms with Crippen LogP contribution in [0.15, 0.2) is 30.0 Å². The summed E-state index contributed by atoms with van der Waals surface area (Å²) in [5, 5.41) is 33.0. The molecule has 1 rings (SSSR count). The molecule has 23 heavy (non-hydrogen) atoms. The molecule has 1 aromatic carbocycles. The minimum Gasteiger partial charge on any atom is -0.480 e. The van der Waals surface area contributed by atoms with Gasteiger partial charge in [-0.25, -0.2) is 0 Å². The fraction of sp³-hybridized carbons (Fsp3) is 0.154. The van der Waals surface area contributed by atoms with Gasteiger partial charge in [-0.15, -0.1) is 0 Å². The number of amides is 1. The van der Waals surface area contributed by atoms with Gasteiger partial charge in [0, 0.05) is 18.0 Å². The number of hydrogen-bond acceptors (Lipinski definition) is 6. The molecule has 0 bridgehead atoms. The van der Waals surface area contributed by atoms with Gasteiger partial charge in [0.25, 0.3) is 11.6 Å². The van der Waals surface area contributed by atoms with Crippen molar-refractivity contribution in [1.29, 1.82) is 5.26 Å². The number of carboxylic acids is 1. The third-order valence-corrected chi connectivity index (χ3v) is 2.93. The molecule has 1 amide bonds. The zero-order valence-electron chi connectivity index (χ0n) is 11.7. The van der Waals surface area contributed by atoms with Crippen LogP contribution in [-0.4, -0.2) is 27.9 Å². The van der Waals surface area contributed by atoms with Crippen LogP contribution >= 0.6 is 11.6 Å². The number of carbonyl (C=O) groups is 2. The number of nitro groups is 1. The van der Waals surface area contributed by atoms with Crippen LogP contribution in [-0.2, 0) is 9.59 Å². The Morgan fingerprint density at radius 2 is 2.17 bits per heavy atom. The predicted molar refractivity (Wildman–Crippen MR) is 80.7 cm³/mol. The van der Waals surface area contributed by atoms with Crippen LogP contribution < -0.4 is 10.6 Å². The maximum absolute atomic E-state index is 11.7. The first-order valence-electron chi connectivity index (χ1n) is 6.10. The lowest BCUT2D eigenvalue weighted by Crippen LogP contribution is -2.39. The highest BCUT2D eigenvalue weighted by molar-refractivity contribution is 6.32. The number of carboxylic acid groups (broad SMARTS) is 1. The molecule has 0 aliphatic carbocycles. The Labute approximate surface area is 135 Å². The molecule has 120 valence electrons. The average Bonchev–Trinajstić information content (AvgIpc) is 2.48. The minimum absolute atomic E-state index is 0.0573. The molecule has 0 saturated carbocycles. The molecular weight excluding hydrogens is 328 g/mol. The van der Waals surface area contributed by atoms with Crippen molar-refractivity contribution in [2.24, 2.45) is 0 Å². The average molecular weight is 339 g/mol. The molecule has 1 unspecified atom stereocenters. The van der Waals surface area contributed by atoms with Crippen molar-refractivity contribution in [3.63, 3.8) is 0 Å². The molecule has 0 saturated heterocycles. The molecular formula is C13H11ClN4O5. The lowest BCUT2D eigenvalue weighted by atomic mass is 10.2. The van der Waals surface area contributed by atoms with Crippen LogP contribution in [0.1, 0.15) is 6.92 Å². The topological polar surface area (TPSA) is 145 Å². The van der Waals surface area contributed by atoms with Crippen LogP contribution in [0.5, 0.6) is 0 Å². The zero-order valence-corrected chi connectivity index (χ0v) is 12.5. The summed E-state index contributed by atoms with van der Waals surface area (Å²) in [6.45, 7) is 1.24. The quantitative estimate of drug-likeness (QED) is 0.309. The molecule has 0 heterocycles. The lowest BCUT2D eigenvalue weighted by molar-refractivity contribution is -0.384. The summed E-state index contributed by atoms with van der Waals surface area (Å²) in [5.74, 6) is -2.14. The normalized spacial score (nSPS) is 12.0. The van der Waals surface area contributed by atoms with E-state index in [1.165, 1.54) is 19.1 Å². The fourth-order valence-electron chi connectivity index (χ4n) is 1.38. The second-order valence-corrected chi connectivity index (χ2v) is 4.68. The van der Waals surface area contributed by atoms with Gasteiger partial charge in [-0.05, 0) is 19.1 Å². The van der Waals surface area contributed by atoms with Crippen LogP contribution in [0, 0.1) is 21.4 Å². The van der Waals surface area contributed by atoms with Gasteiger partial charge in [-0.1, -0.05) is 11.6 Å². The molecule has 0 spiro atoms. The summed E-state index contributed by atoms with van der Waals surface area (Å²) in [6, 6.07) is 4.26. The Bertz CT molecular complexity index is 726. The third kappa shape index (κ3) is 4.98. The van der Waals surface area contributed by atoms with Crippen LogP contribution in [0.2, 0.25) is 5.02 Å². The molecule has 3 N–H and O–H groups in total. The maximum atomic E-state index is 11.7. The Morgan fingerprint density at radius 1 is 1.52 bits per heavy atom. The number of nitrogens with one attached hydrogen (secondary N) is 2. The number of hydrogen-bond donors (Lipinski definition) is 3. The maximum Gasteiger partial charge on any atom is 0.325 e. The Morgan fingerprint density at radius 3 is 2.70 bits per heavy atom. The van der Waals surface area contributed by atoms with E-state index in [0.717, 1.165) is 12.3 Å². The van der Waals surface area contributed by atoms with E-state index >= 15 is 0 Å². The van der Waals surface area contributed by atoms with Gasteiger partial charge in [0.1, 0.15) is 22.7 Å². The summed E-state index contributed by atoms with van der Waals surface area (Å²) in [4.78, 5) is 32.4. The second kappa shape index (κ2) is 7.77. The monoisotopic (exact) mass is 338 g/mol. The van der Waals surface area contributed by atoms with Crippen molar-refractivity contribution in [3.8, 4) is 6.07 Å². The van der Waals surface area contributed by atoms with Crippen molar-refractivity contribution in [1.82, 2.24) is 5.32 Å². The SMILES string of the molecule is CC(NC(=O)/C(C#N)=C\Nc1ccc(Cl)c([N+](=O)[O-])c1)C(=O)O. The van der Waals surface area contributed by atoms with Gasteiger partial charge < -0.3 is 15.7 Å². The Hall–Kier alpha value is -3.12. The highest BCUT2D eigenvalue weighted by Gasteiger charge is 2.17. The summed E-state index contributed by atoms with van der Waals surface area (Å²) < 4.78 is 0. The number of benzene rings is 1. The first-order valence-corrected chi connectivity index (χ1v) is 6.48. The van der Waals surface area contributed by atoms with Gasteiger partial charge in [0.05, 0.1) is 4.92 Å². The number of nitro benzene ring substituents is 1. The largest absolute Gasteiger partial charge is 0.480 e. The highest BCUT2D eigenvalue weighted by atomic mass is 35.5. The number of halogens is 1. The third-order valence-electron chi connectivity index (χ3n) is 2.61. The second-order valence-electron chi connectivity index (χ2n) is 4.27. The van der Waals surface area contributed by atoms with Crippen molar-refractivity contribution >= 4 is 34.9 Å². The smallest absolute Gasteiger partial charge is 0.325 e. The predicted octanol–water partition coefficient (Wildman–Crippen LogP) is 1.66. The summed E-state index contributed by atoms with van der Waals surface area (Å²) >= 11 is 5.66. The number of carbonyl (C=O) groups excluding carboxylic acids is 1. The van der Waals surface area contributed by atoms with Crippen molar-refractivity contribution in [2.45, 2.75) is 13.0 Å². The van der Waals surface area contributed by atoms with Gasteiger partial charge >= 0.3 is 5.97 Å². The molecule has 0 radical (unpaired) electrons. The Kier molecular flexibility index (Phi) is 6.05. The van der Waals surface area contributed by atoms with E-state index in [2.05, 4.69) is 10.6 Å². The van der Waals surface area contributed by atoms with E-state index < -0.39 is 28.4 Å². The summed E-state index contributed by atoms with van der Waals surface area (Å²) in [6.07, 6.45) is 1.01. The van der Waals surface area contributed by atoms with E-state index in [1.807, 2.05) is 0 Å². The number of aliphatic carboxylic acids is 1. The number of rotatable bonds is 6. The molecule has 0 aromatic heterocycles. The molecule has 1 aromatic rings. The Balaban J connectivity index is 2.91. The van der Waals surface area contributed by atoms with Crippen LogP contribution in [0.3, 0.4) is 0 Å². The van der Waals surface area contributed by atoms with Crippen LogP contribution in [0.4, 0.5) is 11.4 Å². The molecule has 1 atom stereocenters. The molecule has 0 aliphatic heterocycles. The molecule has 0 aliphatic rings.